The molecule has 0 radical (unpaired) electrons. The van der Waals surface area contributed by atoms with Gasteiger partial charge in [0.15, 0.2) is 8.32 Å². The zero-order valence-electron chi connectivity index (χ0n) is 14.8. The van der Waals surface area contributed by atoms with Crippen molar-refractivity contribution in [3.63, 3.8) is 0 Å². The lowest BCUT2D eigenvalue weighted by molar-refractivity contribution is 0.00918. The molecule has 0 aliphatic rings. The number of rotatable bonds is 13. The summed E-state index contributed by atoms with van der Waals surface area (Å²) in [6, 6.07) is 0. The Morgan fingerprint density at radius 3 is 1.62 bits per heavy atom. The highest BCUT2D eigenvalue weighted by atomic mass is 28.4. The summed E-state index contributed by atoms with van der Waals surface area (Å²) in [7, 11) is 0.274. The maximum atomic E-state index is 6.02. The molecule has 0 fully saturated rings. The van der Waals surface area contributed by atoms with E-state index in [9.17, 15) is 0 Å². The lowest BCUT2D eigenvalue weighted by Crippen LogP contribution is -2.41. The molecule has 0 amide bonds. The molecule has 0 bridgehead atoms. The van der Waals surface area contributed by atoms with E-state index in [-0.39, 0.29) is 5.04 Å². The molecule has 0 unspecified atom stereocenters. The van der Waals surface area contributed by atoms with Crippen LogP contribution < -0.4 is 5.32 Å². The normalized spacial score (nSPS) is 12.9. The van der Waals surface area contributed by atoms with Crippen LogP contribution in [0.3, 0.4) is 0 Å². The summed E-state index contributed by atoms with van der Waals surface area (Å²) in [4.78, 5) is 0. The first-order valence-electron chi connectivity index (χ1n) is 7.83. The molecule has 21 heavy (non-hydrogen) atoms. The minimum atomic E-state index is -1.64. The Morgan fingerprint density at radius 2 is 1.19 bits per heavy atom. The molecular formula is C15H35NO4Si. The maximum Gasteiger partial charge on any atom is 0.192 e. The van der Waals surface area contributed by atoms with Gasteiger partial charge < -0.3 is 24.0 Å². The van der Waals surface area contributed by atoms with Crippen LogP contribution in [-0.4, -0.2) is 68.2 Å². The van der Waals surface area contributed by atoms with E-state index in [1.54, 1.807) is 0 Å². The van der Waals surface area contributed by atoms with Gasteiger partial charge in [0.2, 0.25) is 0 Å². The molecule has 0 heterocycles. The molecule has 1 N–H and O–H groups in total. The van der Waals surface area contributed by atoms with Crippen molar-refractivity contribution >= 4 is 8.32 Å². The third-order valence-corrected chi connectivity index (χ3v) is 8.28. The van der Waals surface area contributed by atoms with E-state index in [0.717, 1.165) is 13.2 Å². The molecule has 0 atom stereocenters. The fourth-order valence-electron chi connectivity index (χ4n) is 1.29. The average molecular weight is 322 g/mol. The van der Waals surface area contributed by atoms with Gasteiger partial charge in [0.05, 0.1) is 46.2 Å². The Morgan fingerprint density at radius 1 is 0.762 bits per heavy atom. The summed E-state index contributed by atoms with van der Waals surface area (Å²) in [6.45, 7) is 16.6. The van der Waals surface area contributed by atoms with Gasteiger partial charge in [0.1, 0.15) is 0 Å². The summed E-state index contributed by atoms with van der Waals surface area (Å²) in [5.41, 5.74) is 0. The maximum absolute atomic E-state index is 6.02. The molecule has 0 saturated carbocycles. The van der Waals surface area contributed by atoms with Crippen LogP contribution in [0.15, 0.2) is 0 Å². The van der Waals surface area contributed by atoms with E-state index in [1.165, 1.54) is 0 Å². The molecule has 6 heteroatoms. The molecule has 0 aliphatic heterocycles. The molecule has 0 aliphatic carbocycles. The fourth-order valence-corrected chi connectivity index (χ4v) is 2.32. The highest BCUT2D eigenvalue weighted by Crippen LogP contribution is 2.36. The Balaban J connectivity index is 3.30. The van der Waals surface area contributed by atoms with Crippen molar-refractivity contribution in [2.45, 2.75) is 38.9 Å². The van der Waals surface area contributed by atoms with Crippen molar-refractivity contribution in [3.8, 4) is 0 Å². The van der Waals surface area contributed by atoms with Crippen LogP contribution in [0.2, 0.25) is 18.1 Å². The highest BCUT2D eigenvalue weighted by Gasteiger charge is 2.36. The number of hydrogen-bond acceptors (Lipinski definition) is 5. The topological polar surface area (TPSA) is 49.0 Å². The Bertz CT molecular complexity index is 244. The SMILES string of the molecule is CNCCOCCOCCOCCO[Si](C)(C)C(C)(C)C. The van der Waals surface area contributed by atoms with E-state index in [0.29, 0.717) is 39.6 Å². The predicted molar refractivity (Wildman–Crippen MR) is 89.5 cm³/mol. The van der Waals surface area contributed by atoms with Gasteiger partial charge in [0.25, 0.3) is 0 Å². The summed E-state index contributed by atoms with van der Waals surface area (Å²) >= 11 is 0. The standard InChI is InChI=1S/C15H35NO4Si/c1-15(2,3)21(5,6)20-14-13-19-12-11-18-10-9-17-8-7-16-4/h16H,7-14H2,1-6H3. The van der Waals surface area contributed by atoms with E-state index in [1.807, 2.05) is 7.05 Å². The average Bonchev–Trinajstić information content (AvgIpc) is 2.38. The molecule has 5 nitrogen and oxygen atoms in total. The molecule has 0 aromatic carbocycles. The van der Waals surface area contributed by atoms with Crippen LogP contribution >= 0.6 is 0 Å². The summed E-state index contributed by atoms with van der Waals surface area (Å²) in [6.07, 6.45) is 0. The molecule has 0 saturated heterocycles. The molecule has 128 valence electrons. The van der Waals surface area contributed by atoms with Gasteiger partial charge in [-0.3, -0.25) is 0 Å². The molecule has 0 spiro atoms. The number of nitrogens with one attached hydrogen (secondary N) is 1. The summed E-state index contributed by atoms with van der Waals surface area (Å²) < 4.78 is 22.3. The third kappa shape index (κ3) is 11.3. The van der Waals surface area contributed by atoms with Gasteiger partial charge in [-0.05, 0) is 25.2 Å². The number of likely N-dealkylation sites (N-methyl/N-ethyl adjacent to an activating group) is 1. The first-order chi connectivity index (χ1) is 9.81. The van der Waals surface area contributed by atoms with Crippen LogP contribution in [0.1, 0.15) is 20.8 Å². The van der Waals surface area contributed by atoms with Gasteiger partial charge in [-0.15, -0.1) is 0 Å². The number of hydrogen-bond donors (Lipinski definition) is 1. The van der Waals surface area contributed by atoms with Crippen LogP contribution in [0.4, 0.5) is 0 Å². The van der Waals surface area contributed by atoms with Gasteiger partial charge in [0, 0.05) is 6.54 Å². The van der Waals surface area contributed by atoms with Crippen molar-refractivity contribution in [2.24, 2.45) is 0 Å². The number of ether oxygens (including phenoxy) is 3. The van der Waals surface area contributed by atoms with Crippen molar-refractivity contribution < 1.29 is 18.6 Å². The Labute approximate surface area is 131 Å². The highest BCUT2D eigenvalue weighted by molar-refractivity contribution is 6.74. The van der Waals surface area contributed by atoms with Crippen molar-refractivity contribution in [1.29, 1.82) is 0 Å². The van der Waals surface area contributed by atoms with Crippen LogP contribution in [-0.2, 0) is 18.6 Å². The largest absolute Gasteiger partial charge is 0.414 e. The molecule has 0 aromatic rings. The minimum absolute atomic E-state index is 0.253. The molecule has 0 aromatic heterocycles. The van der Waals surface area contributed by atoms with Crippen LogP contribution in [0.25, 0.3) is 0 Å². The van der Waals surface area contributed by atoms with E-state index in [2.05, 4.69) is 39.2 Å². The quantitative estimate of drug-likeness (QED) is 0.416. The second kappa shape index (κ2) is 11.6. The molecule has 0 rings (SSSR count). The van der Waals surface area contributed by atoms with Gasteiger partial charge >= 0.3 is 0 Å². The molecular weight excluding hydrogens is 286 g/mol. The van der Waals surface area contributed by atoms with Gasteiger partial charge in [-0.2, -0.15) is 0 Å². The Hall–Kier alpha value is 0.0169. The second-order valence-corrected chi connectivity index (χ2v) is 11.4. The predicted octanol–water partition coefficient (Wildman–Crippen LogP) is 2.28. The van der Waals surface area contributed by atoms with Crippen LogP contribution in [0, 0.1) is 0 Å². The van der Waals surface area contributed by atoms with E-state index < -0.39 is 8.32 Å². The fraction of sp³-hybridized carbons (Fsp3) is 1.00. The Kier molecular flexibility index (Phi) is 11.6. The monoisotopic (exact) mass is 321 g/mol. The summed E-state index contributed by atoms with van der Waals surface area (Å²) in [5.74, 6) is 0. The van der Waals surface area contributed by atoms with E-state index in [4.69, 9.17) is 18.6 Å². The lowest BCUT2D eigenvalue weighted by atomic mass is 10.2. The second-order valence-electron chi connectivity index (χ2n) is 6.55. The van der Waals surface area contributed by atoms with Gasteiger partial charge in [-0.25, -0.2) is 0 Å². The first kappa shape index (κ1) is 21.0. The van der Waals surface area contributed by atoms with Crippen molar-refractivity contribution in [1.82, 2.24) is 5.32 Å². The van der Waals surface area contributed by atoms with Crippen molar-refractivity contribution in [2.75, 3.05) is 59.8 Å². The first-order valence-corrected chi connectivity index (χ1v) is 10.7. The lowest BCUT2D eigenvalue weighted by Gasteiger charge is -2.36. The summed E-state index contributed by atoms with van der Waals surface area (Å²) in [5, 5.41) is 3.28. The van der Waals surface area contributed by atoms with Crippen molar-refractivity contribution in [3.05, 3.63) is 0 Å². The van der Waals surface area contributed by atoms with E-state index >= 15 is 0 Å². The third-order valence-electron chi connectivity index (χ3n) is 3.74. The smallest absolute Gasteiger partial charge is 0.192 e. The van der Waals surface area contributed by atoms with Crippen LogP contribution in [0.5, 0.6) is 0 Å². The zero-order chi connectivity index (χ0) is 16.2. The zero-order valence-corrected chi connectivity index (χ0v) is 15.8. The minimum Gasteiger partial charge on any atom is -0.414 e. The van der Waals surface area contributed by atoms with Gasteiger partial charge in [-0.1, -0.05) is 20.8 Å².